The van der Waals surface area contributed by atoms with Crippen molar-refractivity contribution in [3.63, 3.8) is 0 Å². The number of carboxylic acid groups (broad SMARTS) is 1. The highest BCUT2D eigenvalue weighted by Gasteiger charge is 2.42. The number of ether oxygens (including phenoxy) is 1. The van der Waals surface area contributed by atoms with Crippen molar-refractivity contribution in [1.82, 2.24) is 14.8 Å². The van der Waals surface area contributed by atoms with E-state index in [1.807, 2.05) is 12.1 Å². The van der Waals surface area contributed by atoms with Crippen LogP contribution in [0.25, 0.3) is 0 Å². The van der Waals surface area contributed by atoms with Gasteiger partial charge in [0.15, 0.2) is 0 Å². The van der Waals surface area contributed by atoms with E-state index in [4.69, 9.17) is 14.6 Å². The van der Waals surface area contributed by atoms with Crippen LogP contribution in [0.2, 0.25) is 0 Å². The van der Waals surface area contributed by atoms with Crippen molar-refractivity contribution in [2.45, 2.75) is 24.9 Å². The van der Waals surface area contributed by atoms with Crippen molar-refractivity contribution in [2.24, 2.45) is 0 Å². The highest BCUT2D eigenvalue weighted by atomic mass is 19.4. The number of amides is 1. The lowest BCUT2D eigenvalue weighted by Crippen LogP contribution is -2.50. The number of likely N-dealkylation sites (tertiary alicyclic amines) is 1. The van der Waals surface area contributed by atoms with E-state index < -0.39 is 18.0 Å². The Morgan fingerprint density at radius 3 is 2.47 bits per heavy atom. The van der Waals surface area contributed by atoms with Gasteiger partial charge in [0.2, 0.25) is 0 Å². The summed E-state index contributed by atoms with van der Waals surface area (Å²) in [5.41, 5.74) is 1.59. The molecule has 32 heavy (non-hydrogen) atoms. The predicted molar refractivity (Wildman–Crippen MR) is 104 cm³/mol. The normalized spacial score (nSPS) is 20.8. The Morgan fingerprint density at radius 2 is 1.84 bits per heavy atom. The summed E-state index contributed by atoms with van der Waals surface area (Å²) >= 11 is 0. The molecule has 1 aromatic carbocycles. The van der Waals surface area contributed by atoms with E-state index in [0.717, 1.165) is 13.1 Å². The van der Waals surface area contributed by atoms with Crippen molar-refractivity contribution < 1.29 is 37.0 Å². The molecule has 0 aliphatic carbocycles. The van der Waals surface area contributed by atoms with E-state index in [0.29, 0.717) is 25.3 Å². The number of benzene rings is 1. The topological polar surface area (TPSA) is 83.0 Å². The van der Waals surface area contributed by atoms with Crippen molar-refractivity contribution in [3.8, 4) is 0 Å². The molecule has 0 saturated carbocycles. The van der Waals surface area contributed by atoms with Gasteiger partial charge < -0.3 is 14.7 Å². The lowest BCUT2D eigenvalue weighted by atomic mass is 10.1. The molecule has 3 heterocycles. The molecule has 2 aromatic rings. The molecule has 2 unspecified atom stereocenters. The fraction of sp³-hybridized carbons (Fsp3) is 0.381. The predicted octanol–water partition coefficient (Wildman–Crippen LogP) is 2.58. The molecule has 0 spiro atoms. The largest absolute Gasteiger partial charge is 0.490 e. The third-order valence-corrected chi connectivity index (χ3v) is 5.15. The first-order chi connectivity index (χ1) is 15.1. The summed E-state index contributed by atoms with van der Waals surface area (Å²) in [6, 6.07) is 10.0. The molecule has 2 fully saturated rings. The van der Waals surface area contributed by atoms with Crippen LogP contribution in [0.3, 0.4) is 0 Å². The van der Waals surface area contributed by atoms with Crippen molar-refractivity contribution in [2.75, 3.05) is 26.2 Å². The van der Waals surface area contributed by atoms with E-state index in [1.54, 1.807) is 29.4 Å². The number of hydrogen-bond acceptors (Lipinski definition) is 5. The Hall–Kier alpha value is -3.05. The van der Waals surface area contributed by atoms with Crippen molar-refractivity contribution >= 4 is 11.9 Å². The van der Waals surface area contributed by atoms with Gasteiger partial charge in [0.05, 0.1) is 18.8 Å². The van der Waals surface area contributed by atoms with Crippen molar-refractivity contribution in [1.29, 1.82) is 0 Å². The van der Waals surface area contributed by atoms with E-state index in [9.17, 15) is 22.4 Å². The summed E-state index contributed by atoms with van der Waals surface area (Å²) in [4.78, 5) is 29.8. The molecule has 2 aliphatic heterocycles. The zero-order chi connectivity index (χ0) is 23.3. The minimum atomic E-state index is -5.08. The quantitative estimate of drug-likeness (QED) is 0.717. The summed E-state index contributed by atoms with van der Waals surface area (Å²) in [6.07, 6.45) is -1.49. The van der Waals surface area contributed by atoms with Gasteiger partial charge in [-0.15, -0.1) is 0 Å². The number of aliphatic carboxylic acids is 1. The smallest absolute Gasteiger partial charge is 0.475 e. The Balaban J connectivity index is 0.000000360. The number of pyridine rings is 1. The van der Waals surface area contributed by atoms with Gasteiger partial charge >= 0.3 is 12.1 Å². The molecule has 2 atom stereocenters. The SMILES string of the molecule is O=C(O)C(F)(F)F.O=C(c1cccc(F)c1)N1CC2OCCN(Cc3ccncc3)C2C1. The molecular formula is C21H21F4N3O4. The average molecular weight is 455 g/mol. The number of aromatic nitrogens is 1. The number of carbonyl (C=O) groups is 2. The summed E-state index contributed by atoms with van der Waals surface area (Å²) < 4.78 is 51.0. The fourth-order valence-electron chi connectivity index (χ4n) is 3.65. The highest BCUT2D eigenvalue weighted by Crippen LogP contribution is 2.26. The zero-order valence-corrected chi connectivity index (χ0v) is 16.8. The third-order valence-electron chi connectivity index (χ3n) is 5.15. The van der Waals surface area contributed by atoms with Crippen LogP contribution in [0.5, 0.6) is 0 Å². The lowest BCUT2D eigenvalue weighted by molar-refractivity contribution is -0.192. The van der Waals surface area contributed by atoms with Crippen LogP contribution in [0.1, 0.15) is 15.9 Å². The van der Waals surface area contributed by atoms with Gasteiger partial charge in [0.25, 0.3) is 5.91 Å². The fourth-order valence-corrected chi connectivity index (χ4v) is 3.65. The number of morpholine rings is 1. The summed E-state index contributed by atoms with van der Waals surface area (Å²) in [7, 11) is 0. The summed E-state index contributed by atoms with van der Waals surface area (Å²) in [5.74, 6) is -3.29. The molecule has 2 saturated heterocycles. The van der Waals surface area contributed by atoms with Crippen LogP contribution < -0.4 is 0 Å². The second kappa shape index (κ2) is 10.0. The highest BCUT2D eigenvalue weighted by molar-refractivity contribution is 5.94. The second-order valence-electron chi connectivity index (χ2n) is 7.33. The molecule has 172 valence electrons. The molecule has 7 nitrogen and oxygen atoms in total. The maximum atomic E-state index is 13.4. The van der Waals surface area contributed by atoms with Gasteiger partial charge in [-0.2, -0.15) is 13.2 Å². The maximum Gasteiger partial charge on any atom is 0.490 e. The minimum absolute atomic E-state index is 0.00750. The lowest BCUT2D eigenvalue weighted by Gasteiger charge is -2.36. The Kier molecular flexibility index (Phi) is 7.41. The van der Waals surface area contributed by atoms with E-state index in [2.05, 4.69) is 9.88 Å². The number of halogens is 4. The molecule has 2 aliphatic rings. The number of rotatable bonds is 3. The Labute approximate surface area is 181 Å². The molecular weight excluding hydrogens is 434 g/mol. The number of carboxylic acids is 1. The maximum absolute atomic E-state index is 13.4. The van der Waals surface area contributed by atoms with Crippen LogP contribution in [0.15, 0.2) is 48.8 Å². The number of hydrogen-bond donors (Lipinski definition) is 1. The van der Waals surface area contributed by atoms with Gasteiger partial charge in [-0.3, -0.25) is 14.7 Å². The van der Waals surface area contributed by atoms with Gasteiger partial charge in [-0.25, -0.2) is 9.18 Å². The van der Waals surface area contributed by atoms with Crippen LogP contribution in [-0.4, -0.2) is 76.3 Å². The monoisotopic (exact) mass is 455 g/mol. The number of nitrogens with zero attached hydrogens (tertiary/aromatic N) is 3. The van der Waals surface area contributed by atoms with Crippen LogP contribution in [0.4, 0.5) is 17.6 Å². The third kappa shape index (κ3) is 6.01. The molecule has 0 radical (unpaired) electrons. The summed E-state index contributed by atoms with van der Waals surface area (Å²) in [6.45, 7) is 3.47. The zero-order valence-electron chi connectivity index (χ0n) is 16.8. The summed E-state index contributed by atoms with van der Waals surface area (Å²) in [5, 5.41) is 7.12. The molecule has 11 heteroatoms. The van der Waals surface area contributed by atoms with Crippen molar-refractivity contribution in [3.05, 3.63) is 65.7 Å². The first-order valence-corrected chi connectivity index (χ1v) is 9.74. The first kappa shape index (κ1) is 23.6. The average Bonchev–Trinajstić information content (AvgIpc) is 3.19. The molecule has 1 aromatic heterocycles. The first-order valence-electron chi connectivity index (χ1n) is 9.74. The number of carbonyl (C=O) groups excluding carboxylic acids is 1. The van der Waals surface area contributed by atoms with Crippen LogP contribution in [-0.2, 0) is 16.1 Å². The minimum Gasteiger partial charge on any atom is -0.475 e. The number of alkyl halides is 3. The Bertz CT molecular complexity index is 942. The molecule has 0 bridgehead atoms. The standard InChI is InChI=1S/C19H20FN3O2.C2HF3O2/c20-16-3-1-2-15(10-16)19(24)23-12-17-18(13-23)25-9-8-22(17)11-14-4-6-21-7-5-14;3-2(4,5)1(6)7/h1-7,10,17-18H,8-9,11-13H2;(H,6,7). The van der Waals surface area contributed by atoms with Gasteiger partial charge in [0.1, 0.15) is 5.82 Å². The molecule has 4 rings (SSSR count). The molecule has 1 amide bonds. The van der Waals surface area contributed by atoms with E-state index >= 15 is 0 Å². The number of fused-ring (bicyclic) bond motifs is 1. The van der Waals surface area contributed by atoms with E-state index in [-0.39, 0.29) is 18.1 Å². The van der Waals surface area contributed by atoms with Crippen LogP contribution in [0, 0.1) is 5.82 Å². The van der Waals surface area contributed by atoms with Gasteiger partial charge in [-0.1, -0.05) is 6.07 Å². The Morgan fingerprint density at radius 1 is 1.16 bits per heavy atom. The molecule has 1 N–H and O–H groups in total. The second-order valence-corrected chi connectivity index (χ2v) is 7.33. The van der Waals surface area contributed by atoms with Gasteiger partial charge in [-0.05, 0) is 35.9 Å². The van der Waals surface area contributed by atoms with Crippen LogP contribution >= 0.6 is 0 Å². The van der Waals surface area contributed by atoms with Gasteiger partial charge in [0, 0.05) is 44.1 Å². The van der Waals surface area contributed by atoms with E-state index in [1.165, 1.54) is 17.7 Å².